The third-order valence-corrected chi connectivity index (χ3v) is 4.49. The van der Waals surface area contributed by atoms with Gasteiger partial charge in [-0.05, 0) is 31.9 Å². The molecule has 5 nitrogen and oxygen atoms in total. The van der Waals surface area contributed by atoms with Crippen LogP contribution in [0.1, 0.15) is 35.7 Å². The van der Waals surface area contributed by atoms with Gasteiger partial charge < -0.3 is 15.4 Å². The molecule has 0 unspecified atom stereocenters. The van der Waals surface area contributed by atoms with Crippen LogP contribution in [0.4, 0.5) is 0 Å². The van der Waals surface area contributed by atoms with Crippen molar-refractivity contribution in [3.8, 4) is 0 Å². The molecule has 0 radical (unpaired) electrons. The van der Waals surface area contributed by atoms with Gasteiger partial charge in [0.1, 0.15) is 0 Å². The third-order valence-electron chi connectivity index (χ3n) is 3.67. The number of aliphatic imine (C=N–C) groups is 1. The summed E-state index contributed by atoms with van der Waals surface area (Å²) in [5, 5.41) is 9.91. The number of thiazole rings is 1. The van der Waals surface area contributed by atoms with Gasteiger partial charge in [-0.25, -0.2) is 9.98 Å². The Labute approximate surface area is 177 Å². The van der Waals surface area contributed by atoms with Crippen LogP contribution >= 0.6 is 35.3 Å². The summed E-state index contributed by atoms with van der Waals surface area (Å²) >= 11 is 1.69. The molecule has 0 bridgehead atoms. The maximum atomic E-state index is 5.54. The molecule has 0 saturated heterocycles. The normalized spacial score (nSPS) is 11.1. The SMILES string of the molecule is CCNC(=NCc1ccccc1COCC)NCCc1csc(C)n1.I. The van der Waals surface area contributed by atoms with Crippen molar-refractivity contribution in [2.24, 2.45) is 4.99 Å². The molecule has 0 atom stereocenters. The molecule has 0 aliphatic carbocycles. The fourth-order valence-electron chi connectivity index (χ4n) is 2.40. The van der Waals surface area contributed by atoms with Crippen molar-refractivity contribution >= 4 is 41.3 Å². The van der Waals surface area contributed by atoms with Crippen molar-refractivity contribution < 1.29 is 4.74 Å². The Kier molecular flexibility index (Phi) is 11.5. The number of ether oxygens (including phenoxy) is 1. The van der Waals surface area contributed by atoms with E-state index in [9.17, 15) is 0 Å². The standard InChI is InChI=1S/C19H28N4OS.HI/c1-4-20-19(21-11-10-18-14-25-15(3)23-18)22-12-16-8-6-7-9-17(16)13-24-5-2;/h6-9,14H,4-5,10-13H2,1-3H3,(H2,20,21,22);1H. The second kappa shape index (κ2) is 13.1. The van der Waals surface area contributed by atoms with Crippen LogP contribution in [-0.2, 0) is 24.3 Å². The fourth-order valence-corrected chi connectivity index (χ4v) is 3.05. The molecule has 7 heteroatoms. The first-order chi connectivity index (χ1) is 12.2. The molecule has 0 saturated carbocycles. The summed E-state index contributed by atoms with van der Waals surface area (Å²) in [7, 11) is 0. The highest BCUT2D eigenvalue weighted by Crippen LogP contribution is 2.11. The Morgan fingerprint density at radius 1 is 1.19 bits per heavy atom. The Morgan fingerprint density at radius 2 is 1.96 bits per heavy atom. The van der Waals surface area contributed by atoms with Crippen LogP contribution in [0, 0.1) is 6.92 Å². The average molecular weight is 488 g/mol. The molecule has 0 aliphatic rings. The average Bonchev–Trinajstić information content (AvgIpc) is 3.03. The Balaban J connectivity index is 0.00000338. The lowest BCUT2D eigenvalue weighted by Crippen LogP contribution is -2.38. The number of rotatable bonds is 9. The fraction of sp³-hybridized carbons (Fsp3) is 0.474. The molecule has 1 aromatic carbocycles. The topological polar surface area (TPSA) is 58.5 Å². The minimum absolute atomic E-state index is 0. The second-order valence-corrected chi connectivity index (χ2v) is 6.70. The molecule has 144 valence electrons. The number of hydrogen-bond donors (Lipinski definition) is 2. The van der Waals surface area contributed by atoms with E-state index in [4.69, 9.17) is 9.73 Å². The number of nitrogens with zero attached hydrogens (tertiary/aromatic N) is 2. The van der Waals surface area contributed by atoms with Gasteiger partial charge in [0, 0.05) is 31.5 Å². The number of benzene rings is 1. The molecular formula is C19H29IN4OS. The molecule has 26 heavy (non-hydrogen) atoms. The zero-order chi connectivity index (χ0) is 17.9. The van der Waals surface area contributed by atoms with Gasteiger partial charge in [0.25, 0.3) is 0 Å². The molecule has 2 rings (SSSR count). The van der Waals surface area contributed by atoms with E-state index in [1.54, 1.807) is 11.3 Å². The van der Waals surface area contributed by atoms with Crippen LogP contribution in [0.2, 0.25) is 0 Å². The van der Waals surface area contributed by atoms with Crippen molar-refractivity contribution in [3.05, 3.63) is 51.5 Å². The van der Waals surface area contributed by atoms with E-state index in [0.717, 1.165) is 42.8 Å². The van der Waals surface area contributed by atoms with E-state index < -0.39 is 0 Å². The summed E-state index contributed by atoms with van der Waals surface area (Å²) in [5.41, 5.74) is 3.53. The number of aryl methyl sites for hydroxylation is 1. The summed E-state index contributed by atoms with van der Waals surface area (Å²) in [5.74, 6) is 0.834. The van der Waals surface area contributed by atoms with E-state index in [0.29, 0.717) is 13.2 Å². The van der Waals surface area contributed by atoms with Gasteiger partial charge in [-0.3, -0.25) is 0 Å². The summed E-state index contributed by atoms with van der Waals surface area (Å²) in [6.45, 7) is 9.76. The maximum absolute atomic E-state index is 5.54. The Morgan fingerprint density at radius 3 is 2.62 bits per heavy atom. The predicted molar refractivity (Wildman–Crippen MR) is 121 cm³/mol. The lowest BCUT2D eigenvalue weighted by atomic mass is 10.1. The van der Waals surface area contributed by atoms with Crippen LogP contribution < -0.4 is 10.6 Å². The van der Waals surface area contributed by atoms with Gasteiger partial charge in [-0.1, -0.05) is 24.3 Å². The number of halogens is 1. The van der Waals surface area contributed by atoms with E-state index >= 15 is 0 Å². The van der Waals surface area contributed by atoms with Crippen LogP contribution in [0.15, 0.2) is 34.6 Å². The lowest BCUT2D eigenvalue weighted by molar-refractivity contribution is 0.133. The number of hydrogen-bond acceptors (Lipinski definition) is 4. The zero-order valence-electron chi connectivity index (χ0n) is 15.7. The highest BCUT2D eigenvalue weighted by atomic mass is 127. The number of guanidine groups is 1. The smallest absolute Gasteiger partial charge is 0.191 e. The molecule has 2 aromatic rings. The van der Waals surface area contributed by atoms with E-state index in [1.807, 2.05) is 26.0 Å². The zero-order valence-corrected chi connectivity index (χ0v) is 18.9. The van der Waals surface area contributed by atoms with Crippen molar-refractivity contribution in [2.45, 2.75) is 40.3 Å². The summed E-state index contributed by atoms with van der Waals surface area (Å²) in [4.78, 5) is 9.20. The molecule has 1 heterocycles. The van der Waals surface area contributed by atoms with Gasteiger partial charge in [0.2, 0.25) is 0 Å². The summed E-state index contributed by atoms with van der Waals surface area (Å²) in [6, 6.07) is 8.30. The minimum Gasteiger partial charge on any atom is -0.377 e. The summed E-state index contributed by atoms with van der Waals surface area (Å²) in [6.07, 6.45) is 0.898. The van der Waals surface area contributed by atoms with Crippen LogP contribution in [0.5, 0.6) is 0 Å². The molecular weight excluding hydrogens is 459 g/mol. The third kappa shape index (κ3) is 8.01. The molecule has 0 spiro atoms. The maximum Gasteiger partial charge on any atom is 0.191 e. The molecule has 0 amide bonds. The van der Waals surface area contributed by atoms with Crippen molar-refractivity contribution in [1.82, 2.24) is 15.6 Å². The quantitative estimate of drug-likeness (QED) is 0.320. The van der Waals surface area contributed by atoms with Gasteiger partial charge in [0.15, 0.2) is 5.96 Å². The van der Waals surface area contributed by atoms with Gasteiger partial charge in [-0.2, -0.15) is 0 Å². The molecule has 0 fully saturated rings. The largest absolute Gasteiger partial charge is 0.377 e. The first-order valence-electron chi connectivity index (χ1n) is 8.80. The van der Waals surface area contributed by atoms with E-state index in [2.05, 4.69) is 40.1 Å². The van der Waals surface area contributed by atoms with Crippen molar-refractivity contribution in [3.63, 3.8) is 0 Å². The Hall–Kier alpha value is -1.19. The van der Waals surface area contributed by atoms with Crippen molar-refractivity contribution in [2.75, 3.05) is 19.7 Å². The van der Waals surface area contributed by atoms with Crippen LogP contribution in [0.25, 0.3) is 0 Å². The Bertz CT molecular complexity index is 675. The highest BCUT2D eigenvalue weighted by Gasteiger charge is 2.03. The highest BCUT2D eigenvalue weighted by molar-refractivity contribution is 14.0. The number of nitrogens with one attached hydrogen (secondary N) is 2. The monoisotopic (exact) mass is 488 g/mol. The summed E-state index contributed by atoms with van der Waals surface area (Å²) < 4.78 is 5.54. The van der Waals surface area contributed by atoms with Crippen molar-refractivity contribution in [1.29, 1.82) is 0 Å². The van der Waals surface area contributed by atoms with Gasteiger partial charge in [0.05, 0.1) is 23.9 Å². The van der Waals surface area contributed by atoms with Gasteiger partial charge in [-0.15, -0.1) is 35.3 Å². The molecule has 2 N–H and O–H groups in total. The molecule has 1 aromatic heterocycles. The predicted octanol–water partition coefficient (Wildman–Crippen LogP) is 3.90. The van der Waals surface area contributed by atoms with E-state index in [-0.39, 0.29) is 24.0 Å². The first kappa shape index (κ1) is 22.9. The second-order valence-electron chi connectivity index (χ2n) is 5.64. The number of aromatic nitrogens is 1. The minimum atomic E-state index is 0. The van der Waals surface area contributed by atoms with Crippen LogP contribution in [-0.4, -0.2) is 30.6 Å². The van der Waals surface area contributed by atoms with E-state index in [1.165, 1.54) is 11.1 Å². The van der Waals surface area contributed by atoms with Gasteiger partial charge >= 0.3 is 0 Å². The van der Waals surface area contributed by atoms with Crippen LogP contribution in [0.3, 0.4) is 0 Å². The first-order valence-corrected chi connectivity index (χ1v) is 9.68. The molecule has 0 aliphatic heterocycles. The lowest BCUT2D eigenvalue weighted by Gasteiger charge is -2.12.